The van der Waals surface area contributed by atoms with Crippen LogP contribution in [0, 0.1) is 18.3 Å². The van der Waals surface area contributed by atoms with Gasteiger partial charge in [0, 0.05) is 32.5 Å². The van der Waals surface area contributed by atoms with E-state index in [-0.39, 0.29) is 37.6 Å². The summed E-state index contributed by atoms with van der Waals surface area (Å²) in [6.45, 7) is -0.596. The number of nitrogens with two attached hydrogens (primary N) is 1. The van der Waals surface area contributed by atoms with Gasteiger partial charge in [-0.1, -0.05) is 48.6 Å². The van der Waals surface area contributed by atoms with Gasteiger partial charge in [-0.25, -0.2) is 13.2 Å². The summed E-state index contributed by atoms with van der Waals surface area (Å²) < 4.78 is 48.2. The van der Waals surface area contributed by atoms with Crippen LogP contribution in [0.5, 0.6) is 0 Å². The van der Waals surface area contributed by atoms with Crippen molar-refractivity contribution in [2.24, 2.45) is 11.7 Å². The van der Waals surface area contributed by atoms with E-state index in [1.54, 1.807) is 12.2 Å². The van der Waals surface area contributed by atoms with Crippen molar-refractivity contribution in [3.8, 4) is 12.3 Å². The highest BCUT2D eigenvalue weighted by molar-refractivity contribution is 7.91. The van der Waals surface area contributed by atoms with Gasteiger partial charge in [0.1, 0.15) is 6.61 Å². The van der Waals surface area contributed by atoms with Crippen LogP contribution in [0.4, 0.5) is 9.18 Å². The third kappa shape index (κ3) is 10.6. The molecule has 0 spiro atoms. The molecule has 0 saturated carbocycles. The van der Waals surface area contributed by atoms with E-state index in [2.05, 4.69) is 11.2 Å². The molecule has 3 N–H and O–H groups in total. The van der Waals surface area contributed by atoms with Crippen LogP contribution in [0.2, 0.25) is 0 Å². The van der Waals surface area contributed by atoms with E-state index < -0.39 is 34.6 Å². The lowest BCUT2D eigenvalue weighted by atomic mass is 9.95. The smallest absolute Gasteiger partial charge is 0.407 e. The molecule has 7 nitrogen and oxygen atoms in total. The number of hydrogen-bond acceptors (Lipinski definition) is 6. The normalized spacial score (nSPS) is 14.0. The van der Waals surface area contributed by atoms with E-state index in [4.69, 9.17) is 21.6 Å². The largest absolute Gasteiger partial charge is 0.445 e. The lowest BCUT2D eigenvalue weighted by Gasteiger charge is -2.23. The molecule has 0 aliphatic carbocycles. The maximum Gasteiger partial charge on any atom is 0.407 e. The number of hydrogen-bond donors (Lipinski definition) is 2. The molecule has 0 saturated heterocycles. The Morgan fingerprint density at radius 1 is 1.34 bits per heavy atom. The second-order valence-corrected chi connectivity index (χ2v) is 9.15. The number of carbonyl (C=O) groups excluding carboxylic acids is 1. The second kappa shape index (κ2) is 15.2. The van der Waals surface area contributed by atoms with Crippen molar-refractivity contribution in [2.45, 2.75) is 19.1 Å². The van der Waals surface area contributed by atoms with E-state index in [1.807, 2.05) is 30.3 Å². The van der Waals surface area contributed by atoms with E-state index in [0.717, 1.165) is 5.56 Å². The van der Waals surface area contributed by atoms with E-state index in [0.29, 0.717) is 5.57 Å². The van der Waals surface area contributed by atoms with Crippen LogP contribution in [0.1, 0.15) is 12.0 Å². The van der Waals surface area contributed by atoms with Crippen LogP contribution in [-0.4, -0.2) is 59.0 Å². The summed E-state index contributed by atoms with van der Waals surface area (Å²) in [5.41, 5.74) is 7.00. The minimum Gasteiger partial charge on any atom is -0.445 e. The van der Waals surface area contributed by atoms with E-state index >= 15 is 0 Å². The van der Waals surface area contributed by atoms with Gasteiger partial charge in [-0.05, 0) is 11.1 Å². The summed E-state index contributed by atoms with van der Waals surface area (Å²) in [5.74, 6) is 1.36. The number of rotatable bonds is 14. The molecule has 176 valence electrons. The number of methoxy groups -OCH3 is 1. The predicted octanol–water partition coefficient (Wildman–Crippen LogP) is 2.39. The molecular formula is C23H31FN2O5S. The molecule has 2 atom stereocenters. The van der Waals surface area contributed by atoms with Crippen LogP contribution in [-0.2, 0) is 25.9 Å². The molecule has 1 aromatic carbocycles. The standard InChI is InChI=1S/C23H31FN2O5S/c1-3-4-11-20(22(30-2)21(16-24)17-25)12-8-14-32(28,29)15-13-26-23(27)31-18-19-9-6-5-7-10-19/h1,5-12,21-22H,4,13-18,25H2,2H3,(H,26,27)/b12-8-,20-11+. The minimum absolute atomic E-state index is 0.0700. The van der Waals surface area contributed by atoms with Gasteiger partial charge in [0.2, 0.25) is 0 Å². The third-order valence-electron chi connectivity index (χ3n) is 4.52. The number of alkyl halides is 1. The number of halogens is 1. The first-order valence-electron chi connectivity index (χ1n) is 10.1. The SMILES string of the molecule is C#CC/C=C(\C=C/CS(=O)(=O)CCNC(=O)OCc1ccccc1)C(OC)C(CN)CF. The molecule has 32 heavy (non-hydrogen) atoms. The van der Waals surface area contributed by atoms with Gasteiger partial charge in [0.05, 0.1) is 24.3 Å². The highest BCUT2D eigenvalue weighted by atomic mass is 32.2. The number of ether oxygens (including phenoxy) is 2. The number of sulfone groups is 1. The predicted molar refractivity (Wildman–Crippen MR) is 123 cm³/mol. The molecule has 1 amide bonds. The zero-order valence-corrected chi connectivity index (χ0v) is 19.0. The Morgan fingerprint density at radius 3 is 2.66 bits per heavy atom. The number of allylic oxidation sites excluding steroid dienone is 1. The monoisotopic (exact) mass is 466 g/mol. The van der Waals surface area contributed by atoms with Gasteiger partial charge in [-0.2, -0.15) is 0 Å². The Balaban J connectivity index is 2.57. The Bertz CT molecular complexity index is 891. The Morgan fingerprint density at radius 2 is 2.06 bits per heavy atom. The molecule has 9 heteroatoms. The zero-order chi connectivity index (χ0) is 23.8. The van der Waals surface area contributed by atoms with Gasteiger partial charge in [0.25, 0.3) is 0 Å². The van der Waals surface area contributed by atoms with Crippen molar-refractivity contribution >= 4 is 15.9 Å². The molecule has 0 fully saturated rings. The molecule has 0 aromatic heterocycles. The maximum absolute atomic E-state index is 13.3. The topological polar surface area (TPSA) is 108 Å². The van der Waals surface area contributed by atoms with Gasteiger partial charge in [-0.3, -0.25) is 4.39 Å². The average molecular weight is 467 g/mol. The summed E-state index contributed by atoms with van der Waals surface area (Å²) in [5, 5.41) is 2.42. The molecule has 0 radical (unpaired) electrons. The quantitative estimate of drug-likeness (QED) is 0.322. The molecule has 1 rings (SSSR count). The molecular weight excluding hydrogens is 435 g/mol. The molecule has 2 unspecified atom stereocenters. The lowest BCUT2D eigenvalue weighted by Crippen LogP contribution is -2.32. The number of amides is 1. The summed E-state index contributed by atoms with van der Waals surface area (Å²) >= 11 is 0. The average Bonchev–Trinajstić information content (AvgIpc) is 2.79. The minimum atomic E-state index is -3.49. The molecule has 0 aliphatic heterocycles. The summed E-state index contributed by atoms with van der Waals surface area (Å²) in [4.78, 5) is 11.7. The van der Waals surface area contributed by atoms with Gasteiger partial charge in [-0.15, -0.1) is 12.3 Å². The van der Waals surface area contributed by atoms with Crippen LogP contribution in [0.25, 0.3) is 0 Å². The first-order valence-corrected chi connectivity index (χ1v) is 11.9. The van der Waals surface area contributed by atoms with E-state index in [9.17, 15) is 17.6 Å². The van der Waals surface area contributed by atoms with Crippen LogP contribution >= 0.6 is 0 Å². The van der Waals surface area contributed by atoms with Crippen molar-refractivity contribution < 1.29 is 27.1 Å². The second-order valence-electron chi connectivity index (χ2n) is 6.92. The number of alkyl carbamates (subject to hydrolysis) is 1. The van der Waals surface area contributed by atoms with Crippen LogP contribution in [0.3, 0.4) is 0 Å². The number of carbonyl (C=O) groups is 1. The fourth-order valence-corrected chi connectivity index (χ4v) is 3.79. The number of terminal acetylenes is 1. The highest BCUT2D eigenvalue weighted by Gasteiger charge is 2.22. The summed E-state index contributed by atoms with van der Waals surface area (Å²) in [6, 6.07) is 9.13. The van der Waals surface area contributed by atoms with Crippen molar-refractivity contribution in [3.05, 3.63) is 59.7 Å². The number of nitrogens with one attached hydrogen (secondary N) is 1. The Hall–Kier alpha value is -2.67. The fraction of sp³-hybridized carbons (Fsp3) is 0.435. The molecule has 0 heterocycles. The third-order valence-corrected chi connectivity index (χ3v) is 6.05. The molecule has 1 aromatic rings. The summed E-state index contributed by atoms with van der Waals surface area (Å²) in [7, 11) is -2.06. The number of benzene rings is 1. The highest BCUT2D eigenvalue weighted by Crippen LogP contribution is 2.18. The van der Waals surface area contributed by atoms with Gasteiger partial charge >= 0.3 is 6.09 Å². The van der Waals surface area contributed by atoms with Crippen molar-refractivity contribution in [1.82, 2.24) is 5.32 Å². The van der Waals surface area contributed by atoms with Crippen molar-refractivity contribution in [1.29, 1.82) is 0 Å². The maximum atomic E-state index is 13.3. The van der Waals surface area contributed by atoms with Crippen LogP contribution in [0.15, 0.2) is 54.1 Å². The zero-order valence-electron chi connectivity index (χ0n) is 18.2. The molecule has 0 bridgehead atoms. The van der Waals surface area contributed by atoms with E-state index in [1.165, 1.54) is 13.2 Å². The van der Waals surface area contributed by atoms with Gasteiger partial charge in [0.15, 0.2) is 9.84 Å². The fourth-order valence-electron chi connectivity index (χ4n) is 2.82. The Labute approximate surface area is 189 Å². The van der Waals surface area contributed by atoms with Crippen LogP contribution < -0.4 is 11.1 Å². The Kier molecular flexibility index (Phi) is 13.0. The lowest BCUT2D eigenvalue weighted by molar-refractivity contribution is 0.0743. The first kappa shape index (κ1) is 27.4. The van der Waals surface area contributed by atoms with Crippen molar-refractivity contribution in [2.75, 3.05) is 38.4 Å². The van der Waals surface area contributed by atoms with Gasteiger partial charge < -0.3 is 20.5 Å². The van der Waals surface area contributed by atoms with Crippen molar-refractivity contribution in [3.63, 3.8) is 0 Å². The molecule has 0 aliphatic rings. The summed E-state index contributed by atoms with van der Waals surface area (Å²) in [6.07, 6.45) is 8.93. The first-order chi connectivity index (χ1) is 15.4.